The van der Waals surface area contributed by atoms with Crippen LogP contribution in [0.4, 0.5) is 5.82 Å². The molecule has 1 unspecified atom stereocenters. The van der Waals surface area contributed by atoms with Crippen molar-refractivity contribution in [2.75, 3.05) is 5.32 Å². The molecule has 0 radical (unpaired) electrons. The Bertz CT molecular complexity index is 371. The molecule has 0 bridgehead atoms. The number of aromatic amines is 1. The summed E-state index contributed by atoms with van der Waals surface area (Å²) in [5.74, 6) is -0.729. The lowest BCUT2D eigenvalue weighted by Crippen LogP contribution is -2.47. The van der Waals surface area contributed by atoms with Crippen molar-refractivity contribution in [2.45, 2.75) is 6.17 Å². The van der Waals surface area contributed by atoms with Gasteiger partial charge in [0.1, 0.15) is 5.69 Å². The van der Waals surface area contributed by atoms with Crippen LogP contribution in [-0.2, 0) is 4.79 Å². The van der Waals surface area contributed by atoms with E-state index in [-0.39, 0.29) is 11.5 Å². The summed E-state index contributed by atoms with van der Waals surface area (Å²) in [5.41, 5.74) is 5.53. The molecule has 1 aliphatic heterocycles. The highest BCUT2D eigenvalue weighted by Gasteiger charge is 2.26. The largest absolute Gasteiger partial charge is 0.339 e. The molecule has 1 atom stereocenters. The predicted molar refractivity (Wildman–Crippen MR) is 42.7 cm³/mol. The molecule has 2 heterocycles. The maximum atomic E-state index is 11.3. The summed E-state index contributed by atoms with van der Waals surface area (Å²) in [6.45, 7) is 0. The number of hydrogen-bond donors (Lipinski definition) is 4. The highest BCUT2D eigenvalue weighted by Crippen LogP contribution is 2.11. The highest BCUT2D eigenvalue weighted by molar-refractivity contribution is 6.07. The van der Waals surface area contributed by atoms with E-state index in [4.69, 9.17) is 5.73 Å². The van der Waals surface area contributed by atoms with Crippen molar-refractivity contribution in [3.63, 3.8) is 0 Å². The molecule has 7 heteroatoms. The molecule has 0 saturated heterocycles. The van der Waals surface area contributed by atoms with Crippen molar-refractivity contribution >= 4 is 17.6 Å². The van der Waals surface area contributed by atoms with E-state index in [1.54, 1.807) is 0 Å². The molecule has 2 rings (SSSR count). The van der Waals surface area contributed by atoms with Crippen LogP contribution in [0.5, 0.6) is 0 Å². The van der Waals surface area contributed by atoms with Gasteiger partial charge in [-0.2, -0.15) is 0 Å². The zero-order valence-electron chi connectivity index (χ0n) is 6.50. The van der Waals surface area contributed by atoms with Gasteiger partial charge in [0.15, 0.2) is 12.0 Å². The lowest BCUT2D eigenvalue weighted by atomic mass is 10.4. The lowest BCUT2D eigenvalue weighted by Gasteiger charge is -2.06. The molecule has 68 valence electrons. The molecule has 0 aliphatic carbocycles. The van der Waals surface area contributed by atoms with Gasteiger partial charge in [0.05, 0.1) is 6.33 Å². The third-order valence-electron chi connectivity index (χ3n) is 1.68. The number of nitrogens with two attached hydrogens (primary N) is 1. The van der Waals surface area contributed by atoms with Crippen LogP contribution < -0.4 is 16.4 Å². The minimum Gasteiger partial charge on any atom is -0.339 e. The van der Waals surface area contributed by atoms with E-state index in [1.807, 2.05) is 0 Å². The van der Waals surface area contributed by atoms with Crippen molar-refractivity contribution in [3.8, 4) is 0 Å². The molecule has 5 N–H and O–H groups in total. The third kappa shape index (κ3) is 1.14. The molecule has 7 nitrogen and oxygen atoms in total. The monoisotopic (exact) mass is 181 g/mol. The minimum atomic E-state index is -1.03. The smallest absolute Gasteiger partial charge is 0.273 e. The summed E-state index contributed by atoms with van der Waals surface area (Å²) in [6, 6.07) is 0. The Hall–Kier alpha value is -1.89. The molecule has 1 aromatic rings. The SMILES string of the molecule is NC1NC(=O)c2[nH]cnc2NC1=O. The topological polar surface area (TPSA) is 113 Å². The zero-order valence-corrected chi connectivity index (χ0v) is 6.50. The second-order valence-electron chi connectivity index (χ2n) is 2.57. The van der Waals surface area contributed by atoms with Gasteiger partial charge >= 0.3 is 0 Å². The maximum absolute atomic E-state index is 11.3. The van der Waals surface area contributed by atoms with Crippen molar-refractivity contribution in [1.82, 2.24) is 15.3 Å². The van der Waals surface area contributed by atoms with E-state index >= 15 is 0 Å². The number of amides is 2. The Morgan fingerprint density at radius 2 is 2.23 bits per heavy atom. The number of anilines is 1. The first-order chi connectivity index (χ1) is 6.18. The number of imidazole rings is 1. The van der Waals surface area contributed by atoms with Gasteiger partial charge < -0.3 is 21.4 Å². The van der Waals surface area contributed by atoms with Crippen LogP contribution in [0.1, 0.15) is 10.5 Å². The molecule has 1 aromatic heterocycles. The van der Waals surface area contributed by atoms with Crippen LogP contribution in [0.25, 0.3) is 0 Å². The van der Waals surface area contributed by atoms with Crippen LogP contribution >= 0.6 is 0 Å². The van der Waals surface area contributed by atoms with Crippen LogP contribution in [-0.4, -0.2) is 27.9 Å². The van der Waals surface area contributed by atoms with E-state index in [2.05, 4.69) is 20.6 Å². The predicted octanol–water partition coefficient (Wildman–Crippen LogP) is -1.62. The highest BCUT2D eigenvalue weighted by atomic mass is 16.2. The van der Waals surface area contributed by atoms with Crippen LogP contribution in [0.3, 0.4) is 0 Å². The van der Waals surface area contributed by atoms with Gasteiger partial charge in [0.2, 0.25) is 0 Å². The average Bonchev–Trinajstić information content (AvgIpc) is 2.48. The van der Waals surface area contributed by atoms with Gasteiger partial charge in [-0.3, -0.25) is 9.59 Å². The van der Waals surface area contributed by atoms with Gasteiger partial charge in [-0.1, -0.05) is 0 Å². The number of nitrogens with zero attached hydrogens (tertiary/aromatic N) is 1. The first-order valence-corrected chi connectivity index (χ1v) is 3.59. The van der Waals surface area contributed by atoms with Crippen molar-refractivity contribution in [1.29, 1.82) is 0 Å². The second kappa shape index (κ2) is 2.56. The van der Waals surface area contributed by atoms with Gasteiger partial charge in [-0.05, 0) is 0 Å². The fraction of sp³-hybridized carbons (Fsp3) is 0.167. The van der Waals surface area contributed by atoms with Gasteiger partial charge in [0, 0.05) is 0 Å². The Balaban J connectivity index is 2.43. The van der Waals surface area contributed by atoms with Crippen LogP contribution in [0.15, 0.2) is 6.33 Å². The lowest BCUT2D eigenvalue weighted by molar-refractivity contribution is -0.117. The normalized spacial score (nSPS) is 21.5. The molecule has 0 aromatic carbocycles. The molecular weight excluding hydrogens is 174 g/mol. The van der Waals surface area contributed by atoms with Crippen molar-refractivity contribution < 1.29 is 9.59 Å². The summed E-state index contributed by atoms with van der Waals surface area (Å²) >= 11 is 0. The number of hydrogen-bond acceptors (Lipinski definition) is 4. The molecule has 13 heavy (non-hydrogen) atoms. The Morgan fingerprint density at radius 1 is 1.46 bits per heavy atom. The van der Waals surface area contributed by atoms with E-state index in [9.17, 15) is 9.59 Å². The number of aromatic nitrogens is 2. The van der Waals surface area contributed by atoms with Crippen molar-refractivity contribution in [3.05, 3.63) is 12.0 Å². The summed E-state index contributed by atoms with van der Waals surface area (Å²) in [4.78, 5) is 28.7. The second-order valence-corrected chi connectivity index (χ2v) is 2.57. The maximum Gasteiger partial charge on any atom is 0.273 e. The van der Waals surface area contributed by atoms with Gasteiger partial charge in [-0.25, -0.2) is 4.98 Å². The fourth-order valence-electron chi connectivity index (χ4n) is 1.04. The quantitative estimate of drug-likeness (QED) is 0.385. The zero-order chi connectivity index (χ0) is 9.42. The van der Waals surface area contributed by atoms with Crippen LogP contribution in [0.2, 0.25) is 0 Å². The minimum absolute atomic E-state index is 0.204. The molecule has 0 spiro atoms. The van der Waals surface area contributed by atoms with E-state index in [0.717, 1.165) is 0 Å². The first kappa shape index (κ1) is 7.74. The van der Waals surface area contributed by atoms with Crippen molar-refractivity contribution in [2.24, 2.45) is 5.73 Å². The summed E-state index contributed by atoms with van der Waals surface area (Å²) in [7, 11) is 0. The Labute approximate surface area is 72.7 Å². The van der Waals surface area contributed by atoms with E-state index in [0.29, 0.717) is 0 Å². The Morgan fingerprint density at radius 3 is 3.00 bits per heavy atom. The molecule has 0 fully saturated rings. The standard InChI is InChI=1S/C6H7N5O2/c7-3-6(13)11-4-2(5(12)10-3)8-1-9-4/h1,3H,7H2,(H,8,9)(H,10,12)(H,11,13). The average molecular weight is 181 g/mol. The van der Waals surface area contributed by atoms with Crippen LogP contribution in [0, 0.1) is 0 Å². The summed E-state index contributed by atoms with van der Waals surface area (Å²) in [6.07, 6.45) is 0.288. The molecule has 0 saturated carbocycles. The Kier molecular flexibility index (Phi) is 1.52. The number of H-pyrrole nitrogens is 1. The summed E-state index contributed by atoms with van der Waals surface area (Å²) in [5, 5.41) is 4.68. The number of nitrogens with one attached hydrogen (secondary N) is 3. The van der Waals surface area contributed by atoms with E-state index < -0.39 is 18.0 Å². The number of rotatable bonds is 0. The molecule has 1 aliphatic rings. The summed E-state index contributed by atoms with van der Waals surface area (Å²) < 4.78 is 0. The molecular formula is C6H7N5O2. The van der Waals surface area contributed by atoms with Gasteiger partial charge in [-0.15, -0.1) is 0 Å². The number of carbonyl (C=O) groups is 2. The third-order valence-corrected chi connectivity index (χ3v) is 1.68. The first-order valence-electron chi connectivity index (χ1n) is 3.59. The number of carbonyl (C=O) groups excluding carboxylic acids is 2. The van der Waals surface area contributed by atoms with E-state index in [1.165, 1.54) is 6.33 Å². The fourth-order valence-corrected chi connectivity index (χ4v) is 1.04. The van der Waals surface area contributed by atoms with Gasteiger partial charge in [0.25, 0.3) is 11.8 Å². The number of fused-ring (bicyclic) bond motifs is 1. The molecule has 2 amide bonds.